The maximum atomic E-state index is 11.8. The first-order valence-corrected chi connectivity index (χ1v) is 9.14. The van der Waals surface area contributed by atoms with E-state index >= 15 is 0 Å². The van der Waals surface area contributed by atoms with E-state index in [1.165, 1.54) is 12.5 Å². The number of carbonyl (C=O) groups excluding carboxylic acids is 1. The molecule has 0 radical (unpaired) electrons. The molecule has 2 atom stereocenters. The Morgan fingerprint density at radius 1 is 1.38 bits per heavy atom. The molecular formula is C13H22N4O3S. The van der Waals surface area contributed by atoms with E-state index in [1.54, 1.807) is 6.07 Å². The monoisotopic (exact) mass is 314 g/mol. The molecule has 1 aromatic rings. The minimum atomic E-state index is -3.03. The first-order chi connectivity index (χ1) is 9.98. The molecule has 7 nitrogen and oxygen atoms in total. The fraction of sp³-hybridized carbons (Fsp3) is 0.692. The van der Waals surface area contributed by atoms with Gasteiger partial charge in [0.1, 0.15) is 5.69 Å². The third-order valence-electron chi connectivity index (χ3n) is 3.81. The second kappa shape index (κ2) is 7.04. The fourth-order valence-electron chi connectivity index (χ4n) is 2.75. The van der Waals surface area contributed by atoms with Crippen LogP contribution >= 0.6 is 0 Å². The molecule has 1 aromatic heterocycles. The topological polar surface area (TPSA) is 104 Å². The number of sulfone groups is 1. The van der Waals surface area contributed by atoms with E-state index in [9.17, 15) is 13.2 Å². The Labute approximate surface area is 124 Å². The molecule has 8 heteroatoms. The van der Waals surface area contributed by atoms with Crippen molar-refractivity contribution < 1.29 is 13.2 Å². The van der Waals surface area contributed by atoms with Crippen LogP contribution in [0.1, 0.15) is 36.2 Å². The van der Waals surface area contributed by atoms with Crippen molar-refractivity contribution in [1.29, 1.82) is 0 Å². The third kappa shape index (κ3) is 4.53. The van der Waals surface area contributed by atoms with Gasteiger partial charge in [0.15, 0.2) is 9.84 Å². The van der Waals surface area contributed by atoms with Crippen LogP contribution in [0.15, 0.2) is 12.3 Å². The second-order valence-corrected chi connectivity index (χ2v) is 7.70. The molecule has 1 amide bonds. The number of amides is 1. The van der Waals surface area contributed by atoms with Gasteiger partial charge < -0.3 is 10.6 Å². The molecule has 3 N–H and O–H groups in total. The fourth-order valence-corrected chi connectivity index (χ4v) is 4.18. The van der Waals surface area contributed by atoms with Gasteiger partial charge in [0, 0.05) is 31.6 Å². The molecule has 118 valence electrons. The lowest BCUT2D eigenvalue weighted by atomic mass is 9.95. The average molecular weight is 314 g/mol. The number of aromatic nitrogens is 2. The third-order valence-corrected chi connectivity index (χ3v) is 5.48. The van der Waals surface area contributed by atoms with Crippen molar-refractivity contribution in [3.8, 4) is 0 Å². The van der Waals surface area contributed by atoms with E-state index in [0.29, 0.717) is 18.8 Å². The van der Waals surface area contributed by atoms with E-state index in [-0.39, 0.29) is 17.2 Å². The Balaban J connectivity index is 1.75. The van der Waals surface area contributed by atoms with Crippen LogP contribution in [-0.4, -0.2) is 55.2 Å². The van der Waals surface area contributed by atoms with E-state index in [1.807, 2.05) is 0 Å². The summed E-state index contributed by atoms with van der Waals surface area (Å²) in [7, 11) is -3.03. The molecular weight excluding hydrogens is 292 g/mol. The highest BCUT2D eigenvalue weighted by Crippen LogP contribution is 2.23. The number of nitrogens with one attached hydrogen (secondary N) is 3. The average Bonchev–Trinajstić information content (AvgIpc) is 2.97. The summed E-state index contributed by atoms with van der Waals surface area (Å²) in [6.07, 6.45) is 6.42. The number of rotatable bonds is 6. The Hall–Kier alpha value is -1.41. The van der Waals surface area contributed by atoms with Gasteiger partial charge in [-0.1, -0.05) is 12.8 Å². The van der Waals surface area contributed by atoms with Gasteiger partial charge in [0.25, 0.3) is 5.91 Å². The van der Waals surface area contributed by atoms with Crippen LogP contribution in [0, 0.1) is 0 Å². The van der Waals surface area contributed by atoms with Gasteiger partial charge in [0.2, 0.25) is 0 Å². The molecule has 1 aliphatic carbocycles. The highest BCUT2D eigenvalue weighted by Gasteiger charge is 2.32. The smallest absolute Gasteiger partial charge is 0.269 e. The molecule has 21 heavy (non-hydrogen) atoms. The molecule has 0 aliphatic heterocycles. The molecule has 0 aromatic carbocycles. The van der Waals surface area contributed by atoms with Crippen molar-refractivity contribution in [2.24, 2.45) is 0 Å². The summed E-state index contributed by atoms with van der Waals surface area (Å²) in [6, 6.07) is 1.58. The lowest BCUT2D eigenvalue weighted by Crippen LogP contribution is -2.48. The normalized spacial score (nSPS) is 22.9. The van der Waals surface area contributed by atoms with Gasteiger partial charge in [-0.15, -0.1) is 0 Å². The molecule has 0 bridgehead atoms. The number of carbonyl (C=O) groups is 1. The molecule has 1 saturated carbocycles. The molecule has 1 aliphatic rings. The first kappa shape index (κ1) is 16.0. The lowest BCUT2D eigenvalue weighted by molar-refractivity contribution is 0.0948. The summed E-state index contributed by atoms with van der Waals surface area (Å²) < 4.78 is 23.5. The van der Waals surface area contributed by atoms with Crippen molar-refractivity contribution in [2.45, 2.75) is 37.0 Å². The first-order valence-electron chi connectivity index (χ1n) is 7.18. The molecule has 0 spiro atoms. The second-order valence-electron chi connectivity index (χ2n) is 5.44. The van der Waals surface area contributed by atoms with E-state index in [4.69, 9.17) is 0 Å². The number of hydrogen-bond donors (Lipinski definition) is 3. The zero-order chi connectivity index (χ0) is 15.3. The van der Waals surface area contributed by atoms with Crippen LogP contribution < -0.4 is 10.6 Å². The minimum Gasteiger partial charge on any atom is -0.349 e. The molecule has 0 saturated heterocycles. The zero-order valence-electron chi connectivity index (χ0n) is 12.1. The number of hydrogen-bond acceptors (Lipinski definition) is 5. The van der Waals surface area contributed by atoms with Crippen LogP contribution in [0.4, 0.5) is 0 Å². The van der Waals surface area contributed by atoms with E-state index in [0.717, 1.165) is 25.7 Å². The summed E-state index contributed by atoms with van der Waals surface area (Å²) >= 11 is 0. The summed E-state index contributed by atoms with van der Waals surface area (Å²) in [4.78, 5) is 11.7. The maximum Gasteiger partial charge on any atom is 0.269 e. The number of nitrogens with zero attached hydrogens (tertiary/aromatic N) is 1. The predicted molar refractivity (Wildman–Crippen MR) is 79.8 cm³/mol. The van der Waals surface area contributed by atoms with Crippen molar-refractivity contribution in [2.75, 3.05) is 19.3 Å². The van der Waals surface area contributed by atoms with Crippen molar-refractivity contribution in [3.63, 3.8) is 0 Å². The Morgan fingerprint density at radius 2 is 2.14 bits per heavy atom. The highest BCUT2D eigenvalue weighted by molar-refractivity contribution is 7.91. The van der Waals surface area contributed by atoms with Gasteiger partial charge in [-0.05, 0) is 18.9 Å². The quantitative estimate of drug-likeness (QED) is 0.645. The summed E-state index contributed by atoms with van der Waals surface area (Å²) in [5, 5.41) is 12.0. The van der Waals surface area contributed by atoms with Gasteiger partial charge in [-0.3, -0.25) is 9.89 Å². The standard InChI is InChI=1S/C13H22N4O3S/c1-21(19,20)12-5-3-2-4-10(12)14-8-9-15-13(18)11-6-7-16-17-11/h6-7,10,12,14H,2-5,8-9H2,1H3,(H,15,18)(H,16,17). The van der Waals surface area contributed by atoms with Crippen LogP contribution in [0.2, 0.25) is 0 Å². The van der Waals surface area contributed by atoms with Crippen molar-refractivity contribution in [3.05, 3.63) is 18.0 Å². The molecule has 1 fully saturated rings. The molecule has 2 unspecified atom stereocenters. The maximum absolute atomic E-state index is 11.8. The van der Waals surface area contributed by atoms with E-state index in [2.05, 4.69) is 20.8 Å². The van der Waals surface area contributed by atoms with Crippen LogP contribution in [0.3, 0.4) is 0 Å². The minimum absolute atomic E-state index is 0.0159. The SMILES string of the molecule is CS(=O)(=O)C1CCCCC1NCCNC(=O)c1ccn[nH]1. The predicted octanol–water partition coefficient (Wildman–Crippen LogP) is 0.0849. The van der Waals surface area contributed by atoms with Crippen molar-refractivity contribution in [1.82, 2.24) is 20.8 Å². The zero-order valence-corrected chi connectivity index (χ0v) is 12.9. The van der Waals surface area contributed by atoms with Gasteiger partial charge in [-0.25, -0.2) is 8.42 Å². The summed E-state index contributed by atoms with van der Waals surface area (Å²) in [5.41, 5.74) is 0.418. The molecule has 2 rings (SSSR count). The molecule has 1 heterocycles. The highest BCUT2D eigenvalue weighted by atomic mass is 32.2. The van der Waals surface area contributed by atoms with E-state index < -0.39 is 9.84 Å². The number of H-pyrrole nitrogens is 1. The van der Waals surface area contributed by atoms with Gasteiger partial charge in [-0.2, -0.15) is 5.10 Å². The Morgan fingerprint density at radius 3 is 2.81 bits per heavy atom. The van der Waals surface area contributed by atoms with Crippen LogP contribution in [0.25, 0.3) is 0 Å². The van der Waals surface area contributed by atoms with Gasteiger partial charge >= 0.3 is 0 Å². The van der Waals surface area contributed by atoms with Crippen LogP contribution in [0.5, 0.6) is 0 Å². The van der Waals surface area contributed by atoms with Crippen LogP contribution in [-0.2, 0) is 9.84 Å². The largest absolute Gasteiger partial charge is 0.349 e. The van der Waals surface area contributed by atoms with Crippen molar-refractivity contribution >= 4 is 15.7 Å². The lowest BCUT2D eigenvalue weighted by Gasteiger charge is -2.31. The summed E-state index contributed by atoms with van der Waals surface area (Å²) in [6.45, 7) is 1.00. The Bertz CT molecular complexity index is 556. The Kier molecular flexibility index (Phi) is 5.35. The summed E-state index contributed by atoms with van der Waals surface area (Å²) in [5.74, 6) is -0.211. The van der Waals surface area contributed by atoms with Gasteiger partial charge in [0.05, 0.1) is 5.25 Å². The number of aromatic amines is 1.